The molecule has 0 amide bonds. The third-order valence-corrected chi connectivity index (χ3v) is 2.58. The first-order valence-corrected chi connectivity index (χ1v) is 4.89. The molecule has 13 heavy (non-hydrogen) atoms. The molecule has 1 aliphatic carbocycles. The molecule has 0 spiro atoms. The Morgan fingerprint density at radius 2 is 2.00 bits per heavy atom. The van der Waals surface area contributed by atoms with E-state index in [1.54, 1.807) is 0 Å². The second kappa shape index (κ2) is 3.56. The Balaban J connectivity index is 2.34. The Bertz CT molecular complexity index is 168. The predicted octanol–water partition coefficient (Wildman–Crippen LogP) is 0.901. The van der Waals surface area contributed by atoms with Crippen molar-refractivity contribution in [3.05, 3.63) is 0 Å². The molecular formula is C10H21NO2. The van der Waals surface area contributed by atoms with Gasteiger partial charge in [-0.05, 0) is 33.6 Å². The highest BCUT2D eigenvalue weighted by Gasteiger charge is 2.43. The highest BCUT2D eigenvalue weighted by Crippen LogP contribution is 2.41. The molecule has 0 aromatic carbocycles. The fourth-order valence-electron chi connectivity index (χ4n) is 1.65. The van der Waals surface area contributed by atoms with Crippen molar-refractivity contribution < 1.29 is 9.84 Å². The van der Waals surface area contributed by atoms with Crippen molar-refractivity contribution in [2.75, 3.05) is 13.2 Å². The maximum Gasteiger partial charge on any atom is 0.0598 e. The van der Waals surface area contributed by atoms with Gasteiger partial charge in [0.1, 0.15) is 0 Å². The minimum Gasteiger partial charge on any atom is -0.393 e. The van der Waals surface area contributed by atoms with Gasteiger partial charge in [-0.3, -0.25) is 0 Å². The molecule has 1 aliphatic rings. The highest BCUT2D eigenvalue weighted by molar-refractivity contribution is 4.94. The number of rotatable bonds is 3. The third-order valence-electron chi connectivity index (χ3n) is 2.58. The summed E-state index contributed by atoms with van der Waals surface area (Å²) in [4.78, 5) is 0. The van der Waals surface area contributed by atoms with Crippen LogP contribution in [-0.2, 0) is 4.74 Å². The summed E-state index contributed by atoms with van der Waals surface area (Å²) in [5, 5.41) is 9.23. The lowest BCUT2D eigenvalue weighted by molar-refractivity contribution is -0.115. The lowest BCUT2D eigenvalue weighted by atomic mass is 9.67. The zero-order valence-electron chi connectivity index (χ0n) is 8.84. The molecule has 3 heteroatoms. The first-order valence-electron chi connectivity index (χ1n) is 4.89. The topological polar surface area (TPSA) is 55.5 Å². The van der Waals surface area contributed by atoms with Crippen molar-refractivity contribution >= 4 is 0 Å². The SMILES string of the molecule is CC(C)(C)OCC1(CN)CC(O)C1. The van der Waals surface area contributed by atoms with Gasteiger partial charge in [-0.2, -0.15) is 0 Å². The van der Waals surface area contributed by atoms with Crippen molar-refractivity contribution in [3.63, 3.8) is 0 Å². The Morgan fingerprint density at radius 3 is 2.31 bits per heavy atom. The number of nitrogens with two attached hydrogens (primary N) is 1. The van der Waals surface area contributed by atoms with Crippen LogP contribution >= 0.6 is 0 Å². The standard InChI is InChI=1S/C10H21NO2/c1-9(2,3)13-7-10(6-11)4-8(12)5-10/h8,12H,4-7,11H2,1-3H3. The first-order chi connectivity index (χ1) is 5.87. The maximum absolute atomic E-state index is 9.23. The van der Waals surface area contributed by atoms with Gasteiger partial charge in [-0.15, -0.1) is 0 Å². The summed E-state index contributed by atoms with van der Waals surface area (Å²) in [6, 6.07) is 0. The van der Waals surface area contributed by atoms with E-state index in [4.69, 9.17) is 10.5 Å². The summed E-state index contributed by atoms with van der Waals surface area (Å²) >= 11 is 0. The van der Waals surface area contributed by atoms with Gasteiger partial charge in [0.05, 0.1) is 18.3 Å². The fraction of sp³-hybridized carbons (Fsp3) is 1.00. The van der Waals surface area contributed by atoms with E-state index < -0.39 is 0 Å². The smallest absolute Gasteiger partial charge is 0.0598 e. The van der Waals surface area contributed by atoms with Crippen molar-refractivity contribution in [1.29, 1.82) is 0 Å². The van der Waals surface area contributed by atoms with Crippen LogP contribution in [0.1, 0.15) is 33.6 Å². The van der Waals surface area contributed by atoms with Crippen molar-refractivity contribution in [1.82, 2.24) is 0 Å². The van der Waals surface area contributed by atoms with Gasteiger partial charge < -0.3 is 15.6 Å². The molecule has 0 unspecified atom stereocenters. The molecule has 3 nitrogen and oxygen atoms in total. The Labute approximate surface area is 80.3 Å². The molecule has 0 heterocycles. The second-order valence-electron chi connectivity index (χ2n) is 5.17. The molecule has 0 bridgehead atoms. The highest BCUT2D eigenvalue weighted by atomic mass is 16.5. The molecule has 0 radical (unpaired) electrons. The van der Waals surface area contributed by atoms with Gasteiger partial charge in [-0.25, -0.2) is 0 Å². The minimum absolute atomic E-state index is 0.0483. The van der Waals surface area contributed by atoms with Crippen LogP contribution < -0.4 is 5.73 Å². The number of hydrogen-bond acceptors (Lipinski definition) is 3. The van der Waals surface area contributed by atoms with Crippen LogP contribution in [0, 0.1) is 5.41 Å². The quantitative estimate of drug-likeness (QED) is 0.690. The molecule has 0 aliphatic heterocycles. The maximum atomic E-state index is 9.23. The van der Waals surface area contributed by atoms with E-state index in [2.05, 4.69) is 0 Å². The van der Waals surface area contributed by atoms with Crippen LogP contribution in [0.25, 0.3) is 0 Å². The molecule has 3 N–H and O–H groups in total. The van der Waals surface area contributed by atoms with Crippen LogP contribution in [0.15, 0.2) is 0 Å². The first kappa shape index (κ1) is 11.0. The minimum atomic E-state index is -0.160. The molecule has 1 saturated carbocycles. The van der Waals surface area contributed by atoms with E-state index in [-0.39, 0.29) is 17.1 Å². The van der Waals surface area contributed by atoms with Gasteiger partial charge in [0, 0.05) is 12.0 Å². The molecule has 0 saturated heterocycles. The van der Waals surface area contributed by atoms with Crippen LogP contribution in [0.2, 0.25) is 0 Å². The zero-order valence-corrected chi connectivity index (χ0v) is 8.84. The Hall–Kier alpha value is -0.120. The largest absolute Gasteiger partial charge is 0.393 e. The summed E-state index contributed by atoms with van der Waals surface area (Å²) in [7, 11) is 0. The summed E-state index contributed by atoms with van der Waals surface area (Å²) in [6.07, 6.45) is 1.42. The van der Waals surface area contributed by atoms with Crippen LogP contribution in [-0.4, -0.2) is 30.0 Å². The van der Waals surface area contributed by atoms with E-state index in [0.717, 1.165) is 12.8 Å². The molecule has 0 aromatic rings. The van der Waals surface area contributed by atoms with Crippen LogP contribution in [0.5, 0.6) is 0 Å². The van der Waals surface area contributed by atoms with Crippen LogP contribution in [0.3, 0.4) is 0 Å². The van der Waals surface area contributed by atoms with Gasteiger partial charge in [0.25, 0.3) is 0 Å². The summed E-state index contributed by atoms with van der Waals surface area (Å²) < 4.78 is 5.68. The summed E-state index contributed by atoms with van der Waals surface area (Å²) in [5.41, 5.74) is 5.61. The van der Waals surface area contributed by atoms with Gasteiger partial charge in [-0.1, -0.05) is 0 Å². The van der Waals surface area contributed by atoms with E-state index in [9.17, 15) is 5.11 Å². The molecular weight excluding hydrogens is 166 g/mol. The van der Waals surface area contributed by atoms with Crippen molar-refractivity contribution in [2.24, 2.45) is 11.1 Å². The average Bonchev–Trinajstić information content (AvgIpc) is 1.94. The number of aliphatic hydroxyl groups excluding tert-OH is 1. The van der Waals surface area contributed by atoms with E-state index in [1.165, 1.54) is 0 Å². The molecule has 1 rings (SSSR count). The number of hydrogen-bond donors (Lipinski definition) is 2. The lowest BCUT2D eigenvalue weighted by Crippen LogP contribution is -2.50. The normalized spacial score (nSPS) is 34.4. The molecule has 1 fully saturated rings. The summed E-state index contributed by atoms with van der Waals surface area (Å²) in [5.74, 6) is 0. The zero-order chi connectivity index (χ0) is 10.1. The molecule has 78 valence electrons. The Kier molecular flexibility index (Phi) is 3.00. The van der Waals surface area contributed by atoms with Gasteiger partial charge in [0.15, 0.2) is 0 Å². The van der Waals surface area contributed by atoms with E-state index in [0.29, 0.717) is 13.2 Å². The molecule has 0 aromatic heterocycles. The van der Waals surface area contributed by atoms with E-state index in [1.807, 2.05) is 20.8 Å². The molecule has 0 atom stereocenters. The lowest BCUT2D eigenvalue weighted by Gasteiger charge is -2.45. The van der Waals surface area contributed by atoms with E-state index >= 15 is 0 Å². The summed E-state index contributed by atoms with van der Waals surface area (Å²) in [6.45, 7) is 7.38. The third kappa shape index (κ3) is 2.93. The fourth-order valence-corrected chi connectivity index (χ4v) is 1.65. The number of aliphatic hydroxyl groups is 1. The Morgan fingerprint density at radius 1 is 1.46 bits per heavy atom. The number of ether oxygens (including phenoxy) is 1. The van der Waals surface area contributed by atoms with Crippen LogP contribution in [0.4, 0.5) is 0 Å². The predicted molar refractivity (Wildman–Crippen MR) is 52.4 cm³/mol. The van der Waals surface area contributed by atoms with Crippen molar-refractivity contribution in [3.8, 4) is 0 Å². The van der Waals surface area contributed by atoms with Gasteiger partial charge >= 0.3 is 0 Å². The van der Waals surface area contributed by atoms with Gasteiger partial charge in [0.2, 0.25) is 0 Å². The second-order valence-corrected chi connectivity index (χ2v) is 5.17. The van der Waals surface area contributed by atoms with Crippen molar-refractivity contribution in [2.45, 2.75) is 45.3 Å². The average molecular weight is 187 g/mol. The monoisotopic (exact) mass is 187 g/mol.